The van der Waals surface area contributed by atoms with Gasteiger partial charge in [-0.3, -0.25) is 14.5 Å². The minimum Gasteiger partial charge on any atom is -0.338 e. The van der Waals surface area contributed by atoms with Crippen molar-refractivity contribution < 1.29 is 9.59 Å². The molecule has 0 bridgehead atoms. The molecule has 0 N–H and O–H groups in total. The maximum absolute atomic E-state index is 13.1. The number of hydrogen-bond acceptors (Lipinski definition) is 7. The zero-order valence-electron chi connectivity index (χ0n) is 21.4. The lowest BCUT2D eigenvalue weighted by atomic mass is 9.97. The van der Waals surface area contributed by atoms with E-state index in [1.54, 1.807) is 11.3 Å². The van der Waals surface area contributed by atoms with Crippen LogP contribution in [0.4, 0.5) is 0 Å². The second-order valence-electron chi connectivity index (χ2n) is 9.69. The standard InChI is InChI=1S/C28H33N5O2S2/c1-20-25(37-21(2)29-20)28(35)32-13-10-23(11-14-32)26-30-24(19-36-26)27(34)33-17-15-31(16-18-33)12-6-9-22-7-4-3-5-8-22/h3-9,19,23H,10-18H2,1-2H3/b9-6-. The van der Waals surface area contributed by atoms with E-state index in [1.807, 2.05) is 47.2 Å². The number of nitrogens with zero attached hydrogens (tertiary/aromatic N) is 5. The largest absolute Gasteiger partial charge is 0.338 e. The Morgan fingerprint density at radius 2 is 1.65 bits per heavy atom. The van der Waals surface area contributed by atoms with Crippen molar-refractivity contribution in [1.29, 1.82) is 0 Å². The van der Waals surface area contributed by atoms with E-state index in [0.717, 1.165) is 66.2 Å². The first-order valence-corrected chi connectivity index (χ1v) is 14.6. The molecular weight excluding hydrogens is 502 g/mol. The van der Waals surface area contributed by atoms with Gasteiger partial charge in [0.2, 0.25) is 0 Å². The van der Waals surface area contributed by atoms with Crippen LogP contribution in [0.5, 0.6) is 0 Å². The highest BCUT2D eigenvalue weighted by molar-refractivity contribution is 7.13. The van der Waals surface area contributed by atoms with Crippen LogP contribution in [0.15, 0.2) is 41.8 Å². The fourth-order valence-corrected chi connectivity index (χ4v) is 6.83. The zero-order chi connectivity index (χ0) is 25.8. The third-order valence-corrected chi connectivity index (χ3v) is 9.17. The van der Waals surface area contributed by atoms with Gasteiger partial charge in [0.15, 0.2) is 0 Å². The van der Waals surface area contributed by atoms with Crippen LogP contribution < -0.4 is 0 Å². The van der Waals surface area contributed by atoms with Crippen molar-refractivity contribution in [1.82, 2.24) is 24.7 Å². The van der Waals surface area contributed by atoms with Gasteiger partial charge in [-0.2, -0.15) is 0 Å². The highest BCUT2D eigenvalue weighted by Gasteiger charge is 2.29. The highest BCUT2D eigenvalue weighted by Crippen LogP contribution is 2.32. The lowest BCUT2D eigenvalue weighted by Gasteiger charge is -2.33. The Kier molecular flexibility index (Phi) is 8.12. The Morgan fingerprint density at radius 1 is 0.946 bits per heavy atom. The van der Waals surface area contributed by atoms with Crippen LogP contribution in [0.25, 0.3) is 6.08 Å². The highest BCUT2D eigenvalue weighted by atomic mass is 32.1. The van der Waals surface area contributed by atoms with Gasteiger partial charge in [0, 0.05) is 57.1 Å². The minimum atomic E-state index is 0.0330. The predicted molar refractivity (Wildman–Crippen MR) is 149 cm³/mol. The summed E-state index contributed by atoms with van der Waals surface area (Å²) in [7, 11) is 0. The molecule has 2 amide bonds. The van der Waals surface area contributed by atoms with E-state index in [4.69, 9.17) is 4.98 Å². The van der Waals surface area contributed by atoms with Crippen LogP contribution in [0.1, 0.15) is 60.2 Å². The Labute approximate surface area is 226 Å². The Balaban J connectivity index is 1.09. The number of likely N-dealkylation sites (tertiary alicyclic amines) is 1. The molecule has 9 heteroatoms. The molecule has 5 rings (SSSR count). The van der Waals surface area contributed by atoms with E-state index in [1.165, 1.54) is 16.9 Å². The first-order valence-electron chi connectivity index (χ1n) is 12.9. The number of carbonyl (C=O) groups excluding carboxylic acids is 2. The molecule has 2 fully saturated rings. The van der Waals surface area contributed by atoms with Gasteiger partial charge >= 0.3 is 0 Å². The topological polar surface area (TPSA) is 69.6 Å². The molecule has 2 aromatic heterocycles. The molecule has 0 saturated carbocycles. The Morgan fingerprint density at radius 3 is 2.32 bits per heavy atom. The fourth-order valence-electron chi connectivity index (χ4n) is 4.97. The van der Waals surface area contributed by atoms with Crippen molar-refractivity contribution in [3.05, 3.63) is 73.6 Å². The maximum Gasteiger partial charge on any atom is 0.273 e. The number of piperidine rings is 1. The molecule has 0 atom stereocenters. The van der Waals surface area contributed by atoms with Crippen LogP contribution in [-0.4, -0.2) is 82.3 Å². The van der Waals surface area contributed by atoms with E-state index in [2.05, 4.69) is 34.2 Å². The number of aromatic nitrogens is 2. The number of piperazine rings is 1. The summed E-state index contributed by atoms with van der Waals surface area (Å²) in [5.41, 5.74) is 2.59. The van der Waals surface area contributed by atoms with Crippen LogP contribution in [-0.2, 0) is 0 Å². The molecule has 3 aromatic rings. The lowest BCUT2D eigenvalue weighted by Crippen LogP contribution is -2.48. The van der Waals surface area contributed by atoms with Crippen molar-refractivity contribution in [2.75, 3.05) is 45.8 Å². The van der Waals surface area contributed by atoms with Crippen molar-refractivity contribution in [2.45, 2.75) is 32.6 Å². The molecule has 37 heavy (non-hydrogen) atoms. The summed E-state index contributed by atoms with van der Waals surface area (Å²) < 4.78 is 0. The number of amides is 2. The first kappa shape index (κ1) is 25.8. The van der Waals surface area contributed by atoms with Gasteiger partial charge in [0.1, 0.15) is 10.6 Å². The fraction of sp³-hybridized carbons (Fsp3) is 0.429. The monoisotopic (exact) mass is 535 g/mol. The van der Waals surface area contributed by atoms with Gasteiger partial charge in [0.25, 0.3) is 11.8 Å². The van der Waals surface area contributed by atoms with Crippen molar-refractivity contribution >= 4 is 40.6 Å². The second-order valence-corrected chi connectivity index (χ2v) is 11.8. The summed E-state index contributed by atoms with van der Waals surface area (Å²) in [5, 5.41) is 3.86. The molecule has 0 spiro atoms. The van der Waals surface area contributed by atoms with Gasteiger partial charge in [-0.05, 0) is 32.3 Å². The van der Waals surface area contributed by atoms with Crippen molar-refractivity contribution in [3.8, 4) is 0 Å². The summed E-state index contributed by atoms with van der Waals surface area (Å²) in [6.07, 6.45) is 6.09. The molecule has 0 aliphatic carbocycles. The van der Waals surface area contributed by atoms with E-state index in [-0.39, 0.29) is 11.8 Å². The SMILES string of the molecule is Cc1nc(C)c(C(=O)N2CCC(c3nc(C(=O)N4CCN(C/C=C\c5ccccc5)CC4)cs3)CC2)s1. The number of thiazole rings is 2. The number of rotatable bonds is 6. The molecule has 0 radical (unpaired) electrons. The third-order valence-electron chi connectivity index (χ3n) is 7.10. The second kappa shape index (κ2) is 11.7. The smallest absolute Gasteiger partial charge is 0.273 e. The van der Waals surface area contributed by atoms with E-state index >= 15 is 0 Å². The Bertz CT molecular complexity index is 1250. The minimum absolute atomic E-state index is 0.0330. The van der Waals surface area contributed by atoms with Gasteiger partial charge in [-0.15, -0.1) is 22.7 Å². The quantitative estimate of drug-likeness (QED) is 0.457. The number of aryl methyl sites for hydroxylation is 2. The van der Waals surface area contributed by atoms with Gasteiger partial charge < -0.3 is 9.80 Å². The number of hydrogen-bond donors (Lipinski definition) is 0. The zero-order valence-corrected chi connectivity index (χ0v) is 23.1. The molecule has 1 aromatic carbocycles. The normalized spacial score (nSPS) is 17.6. The third kappa shape index (κ3) is 6.17. The summed E-state index contributed by atoms with van der Waals surface area (Å²) >= 11 is 3.06. The van der Waals surface area contributed by atoms with E-state index in [0.29, 0.717) is 24.7 Å². The van der Waals surface area contributed by atoms with Crippen LogP contribution in [0, 0.1) is 13.8 Å². The van der Waals surface area contributed by atoms with Crippen molar-refractivity contribution in [3.63, 3.8) is 0 Å². The summed E-state index contributed by atoms with van der Waals surface area (Å²) in [4.78, 5) is 42.2. The van der Waals surface area contributed by atoms with Crippen LogP contribution >= 0.6 is 22.7 Å². The molecule has 2 aliphatic rings. The molecule has 2 aliphatic heterocycles. The molecule has 194 valence electrons. The maximum atomic E-state index is 13.1. The molecule has 0 unspecified atom stereocenters. The van der Waals surface area contributed by atoms with Gasteiger partial charge in [-0.25, -0.2) is 9.97 Å². The van der Waals surface area contributed by atoms with Crippen molar-refractivity contribution in [2.24, 2.45) is 0 Å². The van der Waals surface area contributed by atoms with Crippen LogP contribution in [0.3, 0.4) is 0 Å². The molecule has 7 nitrogen and oxygen atoms in total. The predicted octanol–water partition coefficient (Wildman–Crippen LogP) is 4.71. The van der Waals surface area contributed by atoms with Gasteiger partial charge in [0.05, 0.1) is 15.7 Å². The average Bonchev–Trinajstić information content (AvgIpc) is 3.55. The van der Waals surface area contributed by atoms with Gasteiger partial charge in [-0.1, -0.05) is 42.5 Å². The Hall–Kier alpha value is -2.88. The number of carbonyl (C=O) groups is 2. The summed E-state index contributed by atoms with van der Waals surface area (Å²) in [6, 6.07) is 10.3. The summed E-state index contributed by atoms with van der Waals surface area (Å²) in [5.74, 6) is 0.421. The van der Waals surface area contributed by atoms with E-state index < -0.39 is 0 Å². The lowest BCUT2D eigenvalue weighted by molar-refractivity contribution is 0.0645. The molecular formula is C28H33N5O2S2. The van der Waals surface area contributed by atoms with Crippen LogP contribution in [0.2, 0.25) is 0 Å². The number of benzene rings is 1. The first-order chi connectivity index (χ1) is 18.0. The molecule has 2 saturated heterocycles. The summed E-state index contributed by atoms with van der Waals surface area (Å²) in [6.45, 7) is 9.34. The average molecular weight is 536 g/mol. The molecule has 4 heterocycles. The van der Waals surface area contributed by atoms with E-state index in [9.17, 15) is 9.59 Å².